The molecule has 0 aromatic heterocycles. The Balaban J connectivity index is 2.17. The van der Waals surface area contributed by atoms with Crippen LogP contribution in [0.1, 0.15) is 33.1 Å². The fourth-order valence-corrected chi connectivity index (χ4v) is 4.61. The van der Waals surface area contributed by atoms with Crippen molar-refractivity contribution in [2.24, 2.45) is 16.6 Å². The highest BCUT2D eigenvalue weighted by Crippen LogP contribution is 2.23. The Hall–Kier alpha value is -3.25. The van der Waals surface area contributed by atoms with E-state index in [0.717, 1.165) is 11.8 Å². The number of hydrogen-bond donors (Lipinski definition) is 4. The molecule has 0 saturated heterocycles. The number of nitrogens with zero attached hydrogens (tertiary/aromatic N) is 2. The van der Waals surface area contributed by atoms with Gasteiger partial charge in [-0.05, 0) is 36.6 Å². The van der Waals surface area contributed by atoms with E-state index in [0.29, 0.717) is 17.8 Å². The van der Waals surface area contributed by atoms with Gasteiger partial charge in [0.05, 0.1) is 4.90 Å². The first-order valence-electron chi connectivity index (χ1n) is 10.6. The zero-order valence-electron chi connectivity index (χ0n) is 18.7. The summed E-state index contributed by atoms with van der Waals surface area (Å²) in [5.74, 6) is -0.434. The quantitative estimate of drug-likeness (QED) is 0.118. The molecule has 2 aromatic carbocycles. The van der Waals surface area contributed by atoms with Crippen LogP contribution in [0.2, 0.25) is 0 Å². The van der Waals surface area contributed by atoms with Gasteiger partial charge in [-0.2, -0.15) is 4.72 Å². The highest BCUT2D eigenvalue weighted by atomic mass is 32.2. The van der Waals surface area contributed by atoms with Crippen LogP contribution >= 0.6 is 0 Å². The van der Waals surface area contributed by atoms with E-state index < -0.39 is 27.0 Å². The molecule has 2 rings (SSSR count). The number of nitro groups is 1. The number of carbonyl (C=O) groups excluding carboxylic acids is 1. The van der Waals surface area contributed by atoms with Gasteiger partial charge in [0.2, 0.25) is 15.9 Å². The molecule has 5 N–H and O–H groups in total. The zero-order valence-corrected chi connectivity index (χ0v) is 19.5. The third kappa shape index (κ3) is 8.31. The molecular weight excluding hydrogens is 448 g/mol. The van der Waals surface area contributed by atoms with Gasteiger partial charge in [0.25, 0.3) is 5.96 Å². The van der Waals surface area contributed by atoms with E-state index in [1.54, 1.807) is 23.6 Å². The molecule has 0 heterocycles. The lowest BCUT2D eigenvalue weighted by Gasteiger charge is -2.19. The number of guanidine groups is 1. The largest absolute Gasteiger partial charge is 0.365 e. The number of benzene rings is 2. The van der Waals surface area contributed by atoms with Gasteiger partial charge in [-0.1, -0.05) is 55.7 Å². The van der Waals surface area contributed by atoms with Crippen molar-refractivity contribution in [3.63, 3.8) is 0 Å². The predicted octanol–water partition coefficient (Wildman–Crippen LogP) is 1.53. The van der Waals surface area contributed by atoms with Crippen LogP contribution in [0.3, 0.4) is 0 Å². The first-order chi connectivity index (χ1) is 15.6. The Labute approximate surface area is 193 Å². The minimum absolute atomic E-state index is 0.0815. The molecule has 12 heteroatoms. The standard InChI is InChI=1S/C21H30N6O5S/c1-15(2)12-14-23-20(28)18(10-6-13-24-21(22)25-27(29)30)26-33(31,32)19-11-5-8-16-7-3-4-9-17(16)19/h3-5,7-9,11,15,18,26H,6,10,12-14H2,1-2H3,(H,23,28)(H3,22,24,25)/t18-/m0/s1. The van der Waals surface area contributed by atoms with Crippen molar-refractivity contribution in [1.82, 2.24) is 15.5 Å². The molecule has 1 amide bonds. The van der Waals surface area contributed by atoms with Crippen LogP contribution < -0.4 is 21.2 Å². The molecule has 0 aliphatic rings. The van der Waals surface area contributed by atoms with Crippen molar-refractivity contribution in [3.8, 4) is 0 Å². The first kappa shape index (κ1) is 26.0. The molecule has 2 aromatic rings. The normalized spacial score (nSPS) is 13.1. The van der Waals surface area contributed by atoms with E-state index in [2.05, 4.69) is 15.0 Å². The van der Waals surface area contributed by atoms with Crippen LogP contribution in [-0.4, -0.2) is 44.4 Å². The number of amides is 1. The van der Waals surface area contributed by atoms with Crippen LogP contribution in [0.4, 0.5) is 0 Å². The lowest BCUT2D eigenvalue weighted by atomic mass is 10.1. The maximum Gasteiger partial charge on any atom is 0.251 e. The molecular formula is C21H30N6O5S. The molecule has 0 saturated carbocycles. The summed E-state index contributed by atoms with van der Waals surface area (Å²) in [4.78, 5) is 27.0. The Morgan fingerprint density at radius 3 is 2.55 bits per heavy atom. The second kappa shape index (κ2) is 12.1. The van der Waals surface area contributed by atoms with Crippen molar-refractivity contribution in [3.05, 3.63) is 52.6 Å². The van der Waals surface area contributed by atoms with Crippen LogP contribution in [0.15, 0.2) is 52.4 Å². The van der Waals surface area contributed by atoms with E-state index in [-0.39, 0.29) is 30.2 Å². The highest BCUT2D eigenvalue weighted by molar-refractivity contribution is 7.89. The molecule has 0 aliphatic carbocycles. The first-order valence-corrected chi connectivity index (χ1v) is 12.1. The van der Waals surface area contributed by atoms with Gasteiger partial charge in [-0.3, -0.25) is 4.79 Å². The maximum atomic E-state index is 13.2. The van der Waals surface area contributed by atoms with Crippen LogP contribution in [0.25, 0.3) is 10.8 Å². The Kier molecular flexibility index (Phi) is 9.55. The molecule has 0 spiro atoms. The van der Waals surface area contributed by atoms with Crippen molar-refractivity contribution >= 4 is 32.7 Å². The minimum Gasteiger partial charge on any atom is -0.365 e. The molecule has 0 fully saturated rings. The lowest BCUT2D eigenvalue weighted by molar-refractivity contribution is -0.525. The fourth-order valence-electron chi connectivity index (χ4n) is 3.16. The summed E-state index contributed by atoms with van der Waals surface area (Å²) in [6.45, 7) is 4.54. The number of nitrogens with two attached hydrogens (primary N) is 1. The molecule has 0 unspecified atom stereocenters. The number of hydrazine groups is 1. The number of carbonyl (C=O) groups is 1. The number of aliphatic imine (C=N–C) groups is 1. The van der Waals surface area contributed by atoms with Gasteiger partial charge < -0.3 is 11.1 Å². The third-order valence-electron chi connectivity index (χ3n) is 4.81. The van der Waals surface area contributed by atoms with E-state index in [9.17, 15) is 23.3 Å². The summed E-state index contributed by atoms with van der Waals surface area (Å²) >= 11 is 0. The van der Waals surface area contributed by atoms with Gasteiger partial charge in [-0.25, -0.2) is 23.5 Å². The summed E-state index contributed by atoms with van der Waals surface area (Å²) < 4.78 is 28.9. The van der Waals surface area contributed by atoms with E-state index in [4.69, 9.17) is 5.73 Å². The number of sulfonamides is 1. The lowest BCUT2D eigenvalue weighted by Crippen LogP contribution is -2.47. The molecule has 0 bridgehead atoms. The second-order valence-corrected chi connectivity index (χ2v) is 9.59. The van der Waals surface area contributed by atoms with E-state index >= 15 is 0 Å². The van der Waals surface area contributed by atoms with E-state index in [1.165, 1.54) is 6.07 Å². The minimum atomic E-state index is -4.01. The summed E-state index contributed by atoms with van der Waals surface area (Å²) in [6.07, 6.45) is 1.16. The van der Waals surface area contributed by atoms with Crippen molar-refractivity contribution < 1.29 is 18.2 Å². The second-order valence-electron chi connectivity index (χ2n) is 7.90. The number of nitrogens with one attached hydrogen (secondary N) is 3. The summed E-state index contributed by atoms with van der Waals surface area (Å²) in [5, 5.41) is 13.6. The molecule has 1 atom stereocenters. The number of hydrogen-bond acceptors (Lipinski definition) is 6. The average Bonchev–Trinajstić information content (AvgIpc) is 2.74. The Morgan fingerprint density at radius 1 is 1.15 bits per heavy atom. The number of rotatable bonds is 12. The summed E-state index contributed by atoms with van der Waals surface area (Å²) in [5.41, 5.74) is 7.11. The topological polar surface area (TPSA) is 169 Å². The summed E-state index contributed by atoms with van der Waals surface area (Å²) in [7, 11) is -4.01. The molecule has 11 nitrogen and oxygen atoms in total. The van der Waals surface area contributed by atoms with Gasteiger partial charge in [0, 0.05) is 18.5 Å². The Morgan fingerprint density at radius 2 is 1.85 bits per heavy atom. The van der Waals surface area contributed by atoms with Crippen molar-refractivity contribution in [1.29, 1.82) is 0 Å². The SMILES string of the molecule is CC(C)CCNC(=O)[C@H](CCCN=C(N)N[N+](=O)[O-])NS(=O)(=O)c1cccc2ccccc12. The average molecular weight is 479 g/mol. The molecule has 33 heavy (non-hydrogen) atoms. The highest BCUT2D eigenvalue weighted by Gasteiger charge is 2.26. The van der Waals surface area contributed by atoms with E-state index in [1.807, 2.05) is 32.0 Å². The monoisotopic (exact) mass is 478 g/mol. The summed E-state index contributed by atoms with van der Waals surface area (Å²) in [6, 6.07) is 11.0. The smallest absolute Gasteiger partial charge is 0.251 e. The maximum absolute atomic E-state index is 13.2. The molecule has 0 radical (unpaired) electrons. The van der Waals surface area contributed by atoms with Crippen LogP contribution in [-0.2, 0) is 14.8 Å². The Bertz CT molecular complexity index is 1100. The van der Waals surface area contributed by atoms with Crippen molar-refractivity contribution in [2.75, 3.05) is 13.1 Å². The molecule has 180 valence electrons. The third-order valence-corrected chi connectivity index (χ3v) is 6.34. The zero-order chi connectivity index (χ0) is 24.4. The van der Waals surface area contributed by atoms with Crippen LogP contribution in [0, 0.1) is 16.0 Å². The predicted molar refractivity (Wildman–Crippen MR) is 126 cm³/mol. The fraction of sp³-hybridized carbons (Fsp3) is 0.429. The molecule has 0 aliphatic heterocycles. The van der Waals surface area contributed by atoms with Gasteiger partial charge in [-0.15, -0.1) is 0 Å². The van der Waals surface area contributed by atoms with Gasteiger partial charge in [0.15, 0.2) is 5.03 Å². The van der Waals surface area contributed by atoms with Gasteiger partial charge in [0.1, 0.15) is 6.04 Å². The number of fused-ring (bicyclic) bond motifs is 1. The van der Waals surface area contributed by atoms with Crippen molar-refractivity contribution in [2.45, 2.75) is 44.0 Å². The van der Waals surface area contributed by atoms with Crippen LogP contribution in [0.5, 0.6) is 0 Å². The van der Waals surface area contributed by atoms with Gasteiger partial charge >= 0.3 is 0 Å².